The van der Waals surface area contributed by atoms with Gasteiger partial charge in [0.1, 0.15) is 11.9 Å². The molecule has 1 heterocycles. The largest absolute Gasteiger partial charge is 0.380 e. The molecule has 1 N–H and O–H groups in total. The number of benzene rings is 1. The van der Waals surface area contributed by atoms with Crippen LogP contribution in [0.5, 0.6) is 0 Å². The van der Waals surface area contributed by atoms with E-state index < -0.39 is 6.10 Å². The van der Waals surface area contributed by atoms with Gasteiger partial charge in [-0.1, -0.05) is 18.2 Å². The molecule has 2 aromatic rings. The van der Waals surface area contributed by atoms with Gasteiger partial charge in [-0.15, -0.1) is 0 Å². The Labute approximate surface area is 102 Å². The zero-order chi connectivity index (χ0) is 12.4. The Hall–Kier alpha value is -1.61. The lowest BCUT2D eigenvalue weighted by Crippen LogP contribution is -2.09. The molecule has 0 radical (unpaired) electrons. The molecule has 1 unspecified atom stereocenters. The maximum absolute atomic E-state index is 10.3. The van der Waals surface area contributed by atoms with Gasteiger partial charge in [-0.05, 0) is 37.5 Å². The summed E-state index contributed by atoms with van der Waals surface area (Å²) in [6.45, 7) is 6.98. The molecule has 0 bridgehead atoms. The lowest BCUT2D eigenvalue weighted by Gasteiger charge is -2.13. The highest BCUT2D eigenvalue weighted by molar-refractivity contribution is 5.33. The highest BCUT2D eigenvalue weighted by Crippen LogP contribution is 2.22. The predicted molar refractivity (Wildman–Crippen MR) is 67.9 cm³/mol. The van der Waals surface area contributed by atoms with E-state index >= 15 is 0 Å². The van der Waals surface area contributed by atoms with Crippen molar-refractivity contribution in [3.8, 4) is 0 Å². The minimum atomic E-state index is -0.649. The molecule has 1 aromatic carbocycles. The van der Waals surface area contributed by atoms with Crippen LogP contribution < -0.4 is 0 Å². The summed E-state index contributed by atoms with van der Waals surface area (Å²) < 4.78 is 1.96. The van der Waals surface area contributed by atoms with Gasteiger partial charge < -0.3 is 9.67 Å². The average Bonchev–Trinajstić information content (AvgIpc) is 2.80. The van der Waals surface area contributed by atoms with Gasteiger partial charge in [0.05, 0.1) is 0 Å². The summed E-state index contributed by atoms with van der Waals surface area (Å²) in [6.07, 6.45) is 2.96. The summed E-state index contributed by atoms with van der Waals surface area (Å²) in [6, 6.07) is 6.02. The standard InChI is InChI=1S/C14H18N2O/c1-4-16-8-7-15-14(16)13(17)12-6-5-10(2)11(3)9-12/h5-9,13,17H,4H2,1-3H3. The summed E-state index contributed by atoms with van der Waals surface area (Å²) in [4.78, 5) is 4.23. The number of aromatic nitrogens is 2. The van der Waals surface area contributed by atoms with Crippen LogP contribution in [0.2, 0.25) is 0 Å². The van der Waals surface area contributed by atoms with Gasteiger partial charge >= 0.3 is 0 Å². The quantitative estimate of drug-likeness (QED) is 0.880. The van der Waals surface area contributed by atoms with E-state index in [0.717, 1.165) is 12.1 Å². The van der Waals surface area contributed by atoms with Gasteiger partial charge in [-0.2, -0.15) is 0 Å². The third kappa shape index (κ3) is 2.24. The van der Waals surface area contributed by atoms with Crippen LogP contribution >= 0.6 is 0 Å². The van der Waals surface area contributed by atoms with Gasteiger partial charge in [0.25, 0.3) is 0 Å². The number of rotatable bonds is 3. The van der Waals surface area contributed by atoms with E-state index in [1.807, 2.05) is 35.9 Å². The molecule has 0 saturated heterocycles. The molecular formula is C14H18N2O. The Morgan fingerprint density at radius 2 is 2.06 bits per heavy atom. The van der Waals surface area contributed by atoms with Crippen LogP contribution in [0.1, 0.15) is 35.5 Å². The summed E-state index contributed by atoms with van der Waals surface area (Å²) in [7, 11) is 0. The zero-order valence-electron chi connectivity index (χ0n) is 10.5. The van der Waals surface area contributed by atoms with E-state index in [1.54, 1.807) is 6.20 Å². The van der Waals surface area contributed by atoms with Crippen LogP contribution in [0.3, 0.4) is 0 Å². The van der Waals surface area contributed by atoms with Crippen LogP contribution in [0.25, 0.3) is 0 Å². The molecule has 0 saturated carbocycles. The fraction of sp³-hybridized carbons (Fsp3) is 0.357. The van der Waals surface area contributed by atoms with Crippen molar-refractivity contribution in [3.63, 3.8) is 0 Å². The lowest BCUT2D eigenvalue weighted by molar-refractivity contribution is 0.204. The Morgan fingerprint density at radius 3 is 2.71 bits per heavy atom. The van der Waals surface area contributed by atoms with Crippen molar-refractivity contribution >= 4 is 0 Å². The van der Waals surface area contributed by atoms with Crippen molar-refractivity contribution in [2.75, 3.05) is 0 Å². The predicted octanol–water partition coefficient (Wildman–Crippen LogP) is 2.60. The first-order chi connectivity index (χ1) is 8.13. The second-order valence-electron chi connectivity index (χ2n) is 4.32. The van der Waals surface area contributed by atoms with E-state index in [9.17, 15) is 5.11 Å². The molecule has 90 valence electrons. The summed E-state index contributed by atoms with van der Waals surface area (Å²) in [5.41, 5.74) is 3.32. The van der Waals surface area contributed by atoms with E-state index in [-0.39, 0.29) is 0 Å². The molecule has 0 fully saturated rings. The van der Waals surface area contributed by atoms with E-state index in [1.165, 1.54) is 11.1 Å². The third-order valence-electron chi connectivity index (χ3n) is 3.18. The number of imidazole rings is 1. The maximum atomic E-state index is 10.3. The molecule has 0 aliphatic rings. The average molecular weight is 230 g/mol. The van der Waals surface area contributed by atoms with Crippen LogP contribution in [0.4, 0.5) is 0 Å². The first-order valence-corrected chi connectivity index (χ1v) is 5.89. The maximum Gasteiger partial charge on any atom is 0.142 e. The summed E-state index contributed by atoms with van der Waals surface area (Å²) >= 11 is 0. The minimum absolute atomic E-state index is 0.649. The van der Waals surface area contributed by atoms with Crippen molar-refractivity contribution in [2.24, 2.45) is 0 Å². The fourth-order valence-corrected chi connectivity index (χ4v) is 1.92. The van der Waals surface area contributed by atoms with Crippen molar-refractivity contribution in [1.82, 2.24) is 9.55 Å². The smallest absolute Gasteiger partial charge is 0.142 e. The van der Waals surface area contributed by atoms with Gasteiger partial charge in [-0.25, -0.2) is 4.98 Å². The van der Waals surface area contributed by atoms with Gasteiger partial charge in [0.2, 0.25) is 0 Å². The van der Waals surface area contributed by atoms with Crippen molar-refractivity contribution in [1.29, 1.82) is 0 Å². The van der Waals surface area contributed by atoms with E-state index in [4.69, 9.17) is 0 Å². The molecule has 17 heavy (non-hydrogen) atoms. The molecule has 1 aromatic heterocycles. The highest BCUT2D eigenvalue weighted by atomic mass is 16.3. The molecule has 2 rings (SSSR count). The summed E-state index contributed by atoms with van der Waals surface area (Å²) in [5, 5.41) is 10.3. The molecule has 0 aliphatic heterocycles. The molecule has 0 aliphatic carbocycles. The van der Waals surface area contributed by atoms with Crippen LogP contribution in [-0.4, -0.2) is 14.7 Å². The van der Waals surface area contributed by atoms with Crippen LogP contribution in [0, 0.1) is 13.8 Å². The van der Waals surface area contributed by atoms with Gasteiger partial charge in [0, 0.05) is 18.9 Å². The number of aliphatic hydroxyl groups is 1. The van der Waals surface area contributed by atoms with Crippen molar-refractivity contribution in [2.45, 2.75) is 33.4 Å². The lowest BCUT2D eigenvalue weighted by atomic mass is 10.0. The number of nitrogens with zero attached hydrogens (tertiary/aromatic N) is 2. The Morgan fingerprint density at radius 1 is 1.29 bits per heavy atom. The molecule has 0 spiro atoms. The topological polar surface area (TPSA) is 38.0 Å². The van der Waals surface area contributed by atoms with Crippen LogP contribution in [0.15, 0.2) is 30.6 Å². The SMILES string of the molecule is CCn1ccnc1C(O)c1ccc(C)c(C)c1. The molecular weight excluding hydrogens is 212 g/mol. The number of aliphatic hydroxyl groups excluding tert-OH is 1. The first-order valence-electron chi connectivity index (χ1n) is 5.89. The van der Waals surface area contributed by atoms with E-state index in [2.05, 4.69) is 18.8 Å². The Kier molecular flexibility index (Phi) is 3.29. The molecule has 3 heteroatoms. The minimum Gasteiger partial charge on any atom is -0.380 e. The molecule has 0 amide bonds. The number of hydrogen-bond acceptors (Lipinski definition) is 2. The zero-order valence-corrected chi connectivity index (χ0v) is 10.5. The fourth-order valence-electron chi connectivity index (χ4n) is 1.92. The normalized spacial score (nSPS) is 12.7. The molecule has 1 atom stereocenters. The second-order valence-corrected chi connectivity index (χ2v) is 4.32. The second kappa shape index (κ2) is 4.72. The van der Waals surface area contributed by atoms with Crippen LogP contribution in [-0.2, 0) is 6.54 Å². The van der Waals surface area contributed by atoms with Crippen molar-refractivity contribution in [3.05, 3.63) is 53.1 Å². The monoisotopic (exact) mass is 230 g/mol. The highest BCUT2D eigenvalue weighted by Gasteiger charge is 2.15. The Bertz CT molecular complexity index is 517. The van der Waals surface area contributed by atoms with E-state index in [0.29, 0.717) is 5.82 Å². The number of aryl methyl sites for hydroxylation is 3. The first kappa shape index (κ1) is 11.9. The van der Waals surface area contributed by atoms with Gasteiger partial charge in [0.15, 0.2) is 0 Å². The third-order valence-corrected chi connectivity index (χ3v) is 3.18. The van der Waals surface area contributed by atoms with Gasteiger partial charge in [-0.3, -0.25) is 0 Å². The van der Waals surface area contributed by atoms with Crippen molar-refractivity contribution < 1.29 is 5.11 Å². The Balaban J connectivity index is 2.36. The molecule has 3 nitrogen and oxygen atoms in total. The summed E-state index contributed by atoms with van der Waals surface area (Å²) in [5.74, 6) is 0.704. The number of hydrogen-bond donors (Lipinski definition) is 1.